The first-order chi connectivity index (χ1) is 5.66. The minimum absolute atomic E-state index is 0.00876. The Hall–Kier alpha value is -1.09. The summed E-state index contributed by atoms with van der Waals surface area (Å²) in [4.78, 5) is 6.33. The van der Waals surface area contributed by atoms with Gasteiger partial charge < -0.3 is 10.6 Å². The lowest BCUT2D eigenvalue weighted by molar-refractivity contribution is 0.372. The molecular weight excluding hydrogens is 150 g/mol. The predicted octanol–water partition coefficient (Wildman–Crippen LogP) is 0.746. The van der Waals surface area contributed by atoms with Gasteiger partial charge in [-0.2, -0.15) is 0 Å². The van der Waals surface area contributed by atoms with Crippen molar-refractivity contribution in [3.63, 3.8) is 0 Å². The zero-order valence-corrected chi connectivity index (χ0v) is 7.57. The van der Waals surface area contributed by atoms with Gasteiger partial charge in [0, 0.05) is 7.05 Å². The van der Waals surface area contributed by atoms with Crippen molar-refractivity contribution in [2.45, 2.75) is 19.1 Å². The molecule has 0 saturated carbocycles. The first-order valence-corrected chi connectivity index (χ1v) is 4.02. The van der Waals surface area contributed by atoms with Crippen molar-refractivity contribution in [1.82, 2.24) is 4.90 Å². The highest BCUT2D eigenvalue weighted by Crippen LogP contribution is 2.11. The predicted molar refractivity (Wildman–Crippen MR) is 52.0 cm³/mol. The molecule has 0 aromatic carbocycles. The molecule has 12 heavy (non-hydrogen) atoms. The standard InChI is InChI=1S/C9H15N3/c1-4-5-6-8-11-7(2)9(10)12(8)3/h4-7,9H,1,10H2,2-3H3/b6-5-. The van der Waals surface area contributed by atoms with E-state index in [0.29, 0.717) is 0 Å². The highest BCUT2D eigenvalue weighted by molar-refractivity contribution is 5.94. The van der Waals surface area contributed by atoms with Crippen LogP contribution in [0.25, 0.3) is 0 Å². The molecule has 3 heteroatoms. The second-order valence-corrected chi connectivity index (χ2v) is 2.92. The molecule has 0 spiro atoms. The van der Waals surface area contributed by atoms with Crippen LogP contribution in [0.4, 0.5) is 0 Å². The Labute approximate surface area is 73.3 Å². The fourth-order valence-electron chi connectivity index (χ4n) is 1.17. The highest BCUT2D eigenvalue weighted by Gasteiger charge is 2.25. The quantitative estimate of drug-likeness (QED) is 0.613. The summed E-state index contributed by atoms with van der Waals surface area (Å²) in [6.45, 7) is 5.60. The number of hydrogen-bond acceptors (Lipinski definition) is 3. The highest BCUT2D eigenvalue weighted by atomic mass is 15.3. The van der Waals surface area contributed by atoms with Crippen molar-refractivity contribution in [3.8, 4) is 0 Å². The Kier molecular flexibility index (Phi) is 2.65. The summed E-state index contributed by atoms with van der Waals surface area (Å²) in [5, 5.41) is 0. The number of hydrogen-bond donors (Lipinski definition) is 1. The molecule has 0 aromatic rings. The summed E-state index contributed by atoms with van der Waals surface area (Å²) in [7, 11) is 1.94. The number of likely N-dealkylation sites (N-methyl/N-ethyl adjacent to an activating group) is 1. The van der Waals surface area contributed by atoms with Crippen molar-refractivity contribution < 1.29 is 0 Å². The average Bonchev–Trinajstić information content (AvgIpc) is 2.30. The van der Waals surface area contributed by atoms with E-state index >= 15 is 0 Å². The summed E-state index contributed by atoms with van der Waals surface area (Å²) in [5.41, 5.74) is 5.84. The van der Waals surface area contributed by atoms with Crippen molar-refractivity contribution in [2.24, 2.45) is 10.7 Å². The third kappa shape index (κ3) is 1.56. The number of amidine groups is 1. The number of nitrogens with two attached hydrogens (primary N) is 1. The van der Waals surface area contributed by atoms with Crippen LogP contribution in [0.2, 0.25) is 0 Å². The van der Waals surface area contributed by atoms with Crippen LogP contribution in [0.15, 0.2) is 29.8 Å². The first kappa shape index (κ1) is 9.00. The van der Waals surface area contributed by atoms with Crippen molar-refractivity contribution in [1.29, 1.82) is 0 Å². The zero-order valence-electron chi connectivity index (χ0n) is 7.57. The molecule has 1 rings (SSSR count). The molecule has 2 atom stereocenters. The monoisotopic (exact) mass is 165 g/mol. The first-order valence-electron chi connectivity index (χ1n) is 4.02. The van der Waals surface area contributed by atoms with E-state index in [4.69, 9.17) is 5.73 Å². The van der Waals surface area contributed by atoms with Crippen molar-refractivity contribution in [2.75, 3.05) is 7.05 Å². The van der Waals surface area contributed by atoms with Gasteiger partial charge in [-0.3, -0.25) is 4.99 Å². The third-order valence-electron chi connectivity index (χ3n) is 2.02. The summed E-state index contributed by atoms with van der Waals surface area (Å²) in [6.07, 6.45) is 5.51. The molecule has 2 N–H and O–H groups in total. The number of nitrogens with zero attached hydrogens (tertiary/aromatic N) is 2. The largest absolute Gasteiger partial charge is 0.342 e. The van der Waals surface area contributed by atoms with Crippen LogP contribution in [0.3, 0.4) is 0 Å². The average molecular weight is 165 g/mol. The Bertz CT molecular complexity index is 230. The molecule has 0 saturated heterocycles. The molecule has 2 unspecified atom stereocenters. The van der Waals surface area contributed by atoms with Crippen LogP contribution < -0.4 is 5.73 Å². The van der Waals surface area contributed by atoms with Crippen LogP contribution in [0, 0.1) is 0 Å². The van der Waals surface area contributed by atoms with Crippen LogP contribution in [-0.4, -0.2) is 30.0 Å². The summed E-state index contributed by atoms with van der Waals surface area (Å²) in [6, 6.07) is 0.180. The van der Waals surface area contributed by atoms with Gasteiger partial charge in [-0.25, -0.2) is 0 Å². The van der Waals surface area contributed by atoms with Crippen LogP contribution >= 0.6 is 0 Å². The number of rotatable bonds is 2. The second-order valence-electron chi connectivity index (χ2n) is 2.92. The van der Waals surface area contributed by atoms with Crippen LogP contribution in [0.5, 0.6) is 0 Å². The van der Waals surface area contributed by atoms with Gasteiger partial charge in [0.25, 0.3) is 0 Å². The molecule has 0 amide bonds. The molecule has 66 valence electrons. The fraction of sp³-hybridized carbons (Fsp3) is 0.444. The number of allylic oxidation sites excluding steroid dienone is 2. The van der Waals surface area contributed by atoms with E-state index in [1.165, 1.54) is 0 Å². The lowest BCUT2D eigenvalue weighted by atomic mass is 10.3. The van der Waals surface area contributed by atoms with Crippen LogP contribution in [-0.2, 0) is 0 Å². The van der Waals surface area contributed by atoms with Crippen molar-refractivity contribution in [3.05, 3.63) is 24.8 Å². The van der Waals surface area contributed by atoms with E-state index in [-0.39, 0.29) is 12.2 Å². The van der Waals surface area contributed by atoms with E-state index in [0.717, 1.165) is 5.84 Å². The maximum Gasteiger partial charge on any atom is 0.124 e. The molecule has 0 radical (unpaired) electrons. The molecule has 0 aliphatic carbocycles. The van der Waals surface area contributed by atoms with Gasteiger partial charge in [-0.05, 0) is 13.0 Å². The lowest BCUT2D eigenvalue weighted by Crippen LogP contribution is -2.42. The molecule has 1 aliphatic rings. The van der Waals surface area contributed by atoms with E-state index in [1.54, 1.807) is 6.08 Å². The van der Waals surface area contributed by atoms with Gasteiger partial charge in [-0.15, -0.1) is 0 Å². The van der Waals surface area contributed by atoms with Gasteiger partial charge in [0.2, 0.25) is 0 Å². The Balaban J connectivity index is 2.72. The van der Waals surface area contributed by atoms with Gasteiger partial charge in [0.1, 0.15) is 12.0 Å². The molecule has 1 aliphatic heterocycles. The van der Waals surface area contributed by atoms with Gasteiger partial charge >= 0.3 is 0 Å². The van der Waals surface area contributed by atoms with Gasteiger partial charge in [0.05, 0.1) is 6.04 Å². The smallest absolute Gasteiger partial charge is 0.124 e. The minimum atomic E-state index is 0.00876. The Morgan fingerprint density at radius 1 is 1.67 bits per heavy atom. The van der Waals surface area contributed by atoms with Gasteiger partial charge in [-0.1, -0.05) is 18.7 Å². The Morgan fingerprint density at radius 3 is 2.75 bits per heavy atom. The van der Waals surface area contributed by atoms with Gasteiger partial charge in [0.15, 0.2) is 0 Å². The Morgan fingerprint density at radius 2 is 2.33 bits per heavy atom. The lowest BCUT2D eigenvalue weighted by Gasteiger charge is -2.19. The normalized spacial score (nSPS) is 29.6. The van der Waals surface area contributed by atoms with E-state index < -0.39 is 0 Å². The molecule has 0 fully saturated rings. The van der Waals surface area contributed by atoms with E-state index in [9.17, 15) is 0 Å². The minimum Gasteiger partial charge on any atom is -0.342 e. The molecule has 3 nitrogen and oxygen atoms in total. The molecular formula is C9H15N3. The summed E-state index contributed by atoms with van der Waals surface area (Å²) in [5.74, 6) is 0.926. The number of aliphatic imine (C=N–C) groups is 1. The molecule has 0 aromatic heterocycles. The maximum absolute atomic E-state index is 5.84. The van der Waals surface area contributed by atoms with Crippen LogP contribution in [0.1, 0.15) is 6.92 Å². The van der Waals surface area contributed by atoms with Crippen molar-refractivity contribution >= 4 is 5.84 Å². The zero-order chi connectivity index (χ0) is 9.14. The SMILES string of the molecule is C=C/C=C\C1=NC(C)C(N)N1C. The third-order valence-corrected chi connectivity index (χ3v) is 2.02. The molecule has 1 heterocycles. The fourth-order valence-corrected chi connectivity index (χ4v) is 1.17. The summed E-state index contributed by atoms with van der Waals surface area (Å²) >= 11 is 0. The second kappa shape index (κ2) is 3.54. The van der Waals surface area contributed by atoms with E-state index in [1.807, 2.05) is 31.0 Å². The topological polar surface area (TPSA) is 41.6 Å². The van der Waals surface area contributed by atoms with E-state index in [2.05, 4.69) is 11.6 Å². The molecule has 0 bridgehead atoms. The maximum atomic E-state index is 5.84. The summed E-state index contributed by atoms with van der Waals surface area (Å²) < 4.78 is 0.